The van der Waals surface area contributed by atoms with Gasteiger partial charge in [-0.1, -0.05) is 121 Å². The molecule has 232 valence electrons. The van der Waals surface area contributed by atoms with E-state index in [1.54, 1.807) is 0 Å². The molecular weight excluding hydrogens is 605 g/mol. The maximum Gasteiger partial charge on any atom is 0.0740 e. The van der Waals surface area contributed by atoms with Crippen molar-refractivity contribution in [2.24, 2.45) is 0 Å². The fraction of sp³-hybridized carbons (Fsp3) is 0.0208. The van der Waals surface area contributed by atoms with Crippen molar-refractivity contribution >= 4 is 21.8 Å². The van der Waals surface area contributed by atoms with E-state index in [-0.39, 0.29) is 0 Å². The third-order valence-corrected chi connectivity index (χ3v) is 11.1. The number of para-hydroxylation sites is 2. The predicted molar refractivity (Wildman–Crippen MR) is 206 cm³/mol. The van der Waals surface area contributed by atoms with E-state index in [9.17, 15) is 0 Å². The number of fused-ring (bicyclic) bond motifs is 13. The zero-order valence-electron chi connectivity index (χ0n) is 27.2. The Bertz CT molecular complexity index is 2810. The average Bonchev–Trinajstić information content (AvgIpc) is 3.79. The molecule has 50 heavy (non-hydrogen) atoms. The van der Waals surface area contributed by atoms with Crippen molar-refractivity contribution in [1.29, 1.82) is 0 Å². The Hall–Kier alpha value is -6.51. The van der Waals surface area contributed by atoms with E-state index in [1.807, 2.05) is 6.20 Å². The van der Waals surface area contributed by atoms with Gasteiger partial charge in [-0.2, -0.15) is 0 Å². The van der Waals surface area contributed by atoms with Crippen molar-refractivity contribution in [3.05, 3.63) is 205 Å². The molecule has 0 bridgehead atoms. The Morgan fingerprint density at radius 1 is 0.380 bits per heavy atom. The van der Waals surface area contributed by atoms with Gasteiger partial charge in [0.2, 0.25) is 0 Å². The minimum Gasteiger partial charge on any atom is -0.309 e. The van der Waals surface area contributed by atoms with Crippen LogP contribution in [0, 0.1) is 0 Å². The SMILES string of the molecule is c1ccc(-c2ccc3c(c2)-c2ccccc2C32c3ccc(-c4ccc5c(c4)c4ccccc4n5-c4ccccc4)cc3-c3ccncc32)cc1. The van der Waals surface area contributed by atoms with Crippen LogP contribution in [0.15, 0.2) is 182 Å². The molecule has 2 heteroatoms. The van der Waals surface area contributed by atoms with Gasteiger partial charge in [0.25, 0.3) is 0 Å². The molecule has 2 aliphatic rings. The van der Waals surface area contributed by atoms with Gasteiger partial charge in [0.1, 0.15) is 0 Å². The van der Waals surface area contributed by atoms with Gasteiger partial charge >= 0.3 is 0 Å². The summed E-state index contributed by atoms with van der Waals surface area (Å²) < 4.78 is 2.38. The van der Waals surface area contributed by atoms with E-state index in [4.69, 9.17) is 4.98 Å². The minimum absolute atomic E-state index is 0.425. The number of pyridine rings is 1. The standard InChI is InChI=1S/C48H30N2/c1-3-11-31(12-4-1)32-19-22-43-39(27-32)36-15-7-9-17-42(36)48(43)44-23-20-33(28-40(44)37-25-26-49-30-45(37)48)34-21-24-47-41(29-34)38-16-8-10-18-46(38)50(47)35-13-5-2-6-14-35/h1-30H. The molecule has 0 radical (unpaired) electrons. The lowest BCUT2D eigenvalue weighted by Crippen LogP contribution is -2.26. The normalized spacial score (nSPS) is 15.3. The lowest BCUT2D eigenvalue weighted by atomic mass is 9.71. The van der Waals surface area contributed by atoms with Crippen LogP contribution >= 0.6 is 0 Å². The number of rotatable bonds is 3. The molecule has 7 aromatic carbocycles. The Labute approximate surface area is 290 Å². The highest BCUT2D eigenvalue weighted by molar-refractivity contribution is 6.10. The first-order chi connectivity index (χ1) is 24.8. The molecule has 0 amide bonds. The van der Waals surface area contributed by atoms with Gasteiger partial charge in [-0.15, -0.1) is 0 Å². The van der Waals surface area contributed by atoms with E-state index >= 15 is 0 Å². The lowest BCUT2D eigenvalue weighted by molar-refractivity contribution is 0.788. The van der Waals surface area contributed by atoms with E-state index in [0.29, 0.717) is 0 Å². The molecule has 2 aromatic heterocycles. The summed E-state index contributed by atoms with van der Waals surface area (Å²) in [5.41, 5.74) is 18.5. The van der Waals surface area contributed by atoms with Crippen molar-refractivity contribution in [3.63, 3.8) is 0 Å². The van der Waals surface area contributed by atoms with E-state index in [0.717, 1.165) is 0 Å². The van der Waals surface area contributed by atoms with Crippen LogP contribution in [-0.2, 0) is 5.41 Å². The molecule has 9 aromatic rings. The van der Waals surface area contributed by atoms with Crippen LogP contribution in [0.4, 0.5) is 0 Å². The molecule has 1 spiro atoms. The topological polar surface area (TPSA) is 17.8 Å². The smallest absolute Gasteiger partial charge is 0.0740 e. The maximum atomic E-state index is 4.74. The molecule has 2 heterocycles. The van der Waals surface area contributed by atoms with Crippen LogP contribution in [0.1, 0.15) is 22.3 Å². The van der Waals surface area contributed by atoms with Crippen molar-refractivity contribution in [1.82, 2.24) is 9.55 Å². The van der Waals surface area contributed by atoms with Gasteiger partial charge in [0.15, 0.2) is 0 Å². The molecule has 1 atom stereocenters. The molecule has 0 N–H and O–H groups in total. The summed E-state index contributed by atoms with van der Waals surface area (Å²) in [5, 5.41) is 2.52. The zero-order chi connectivity index (χ0) is 32.8. The summed E-state index contributed by atoms with van der Waals surface area (Å²) in [7, 11) is 0. The number of hydrogen-bond donors (Lipinski definition) is 0. The fourth-order valence-corrected chi connectivity index (χ4v) is 9.03. The Morgan fingerprint density at radius 2 is 0.960 bits per heavy atom. The molecule has 0 aliphatic heterocycles. The Balaban J connectivity index is 1.12. The van der Waals surface area contributed by atoms with Gasteiger partial charge in [0, 0.05) is 28.9 Å². The van der Waals surface area contributed by atoms with Gasteiger partial charge < -0.3 is 4.57 Å². The number of nitrogens with zero attached hydrogens (tertiary/aromatic N) is 2. The largest absolute Gasteiger partial charge is 0.309 e. The third-order valence-electron chi connectivity index (χ3n) is 11.1. The summed E-state index contributed by atoms with van der Waals surface area (Å²) in [6, 6.07) is 62.4. The molecule has 0 saturated heterocycles. The summed E-state index contributed by atoms with van der Waals surface area (Å²) >= 11 is 0. The van der Waals surface area contributed by atoms with Crippen LogP contribution in [-0.4, -0.2) is 9.55 Å². The maximum absolute atomic E-state index is 4.74. The van der Waals surface area contributed by atoms with Gasteiger partial charge in [-0.3, -0.25) is 4.98 Å². The van der Waals surface area contributed by atoms with E-state index in [1.165, 1.54) is 94.3 Å². The van der Waals surface area contributed by atoms with Gasteiger partial charge in [0.05, 0.1) is 16.4 Å². The van der Waals surface area contributed by atoms with Gasteiger partial charge in [-0.25, -0.2) is 0 Å². The first-order valence-electron chi connectivity index (χ1n) is 17.3. The minimum atomic E-state index is -0.425. The van der Waals surface area contributed by atoms with E-state index < -0.39 is 5.41 Å². The summed E-state index contributed by atoms with van der Waals surface area (Å²) in [6.45, 7) is 0. The second-order valence-corrected chi connectivity index (χ2v) is 13.5. The summed E-state index contributed by atoms with van der Waals surface area (Å²) in [4.78, 5) is 4.74. The second-order valence-electron chi connectivity index (χ2n) is 13.5. The van der Waals surface area contributed by atoms with Crippen LogP contribution < -0.4 is 0 Å². The van der Waals surface area contributed by atoms with Crippen LogP contribution in [0.25, 0.3) is 72.0 Å². The van der Waals surface area contributed by atoms with E-state index in [2.05, 4.69) is 181 Å². The number of hydrogen-bond acceptors (Lipinski definition) is 1. The lowest BCUT2D eigenvalue weighted by Gasteiger charge is -2.30. The first-order valence-corrected chi connectivity index (χ1v) is 17.3. The summed E-state index contributed by atoms with van der Waals surface area (Å²) in [5.74, 6) is 0. The zero-order valence-corrected chi connectivity index (χ0v) is 27.2. The molecule has 1 unspecified atom stereocenters. The Morgan fingerprint density at radius 3 is 1.76 bits per heavy atom. The highest BCUT2D eigenvalue weighted by atomic mass is 15.0. The molecule has 2 aliphatic carbocycles. The van der Waals surface area contributed by atoms with Crippen molar-refractivity contribution in [3.8, 4) is 50.2 Å². The monoisotopic (exact) mass is 634 g/mol. The average molecular weight is 635 g/mol. The quantitative estimate of drug-likeness (QED) is 0.189. The number of benzene rings is 7. The molecule has 2 nitrogen and oxygen atoms in total. The summed E-state index contributed by atoms with van der Waals surface area (Å²) in [6.07, 6.45) is 4.05. The van der Waals surface area contributed by atoms with Gasteiger partial charge in [-0.05, 0) is 115 Å². The van der Waals surface area contributed by atoms with Crippen LogP contribution in [0.5, 0.6) is 0 Å². The highest BCUT2D eigenvalue weighted by Gasteiger charge is 2.51. The van der Waals surface area contributed by atoms with Crippen molar-refractivity contribution in [2.75, 3.05) is 0 Å². The molecule has 11 rings (SSSR count). The van der Waals surface area contributed by atoms with Crippen molar-refractivity contribution in [2.45, 2.75) is 5.41 Å². The molecular formula is C48H30N2. The second kappa shape index (κ2) is 10.2. The first kappa shape index (κ1) is 27.4. The van der Waals surface area contributed by atoms with Crippen molar-refractivity contribution < 1.29 is 0 Å². The Kier molecular flexibility index (Phi) is 5.62. The van der Waals surface area contributed by atoms with Crippen LogP contribution in [0.3, 0.4) is 0 Å². The third kappa shape index (κ3) is 3.60. The molecule has 0 saturated carbocycles. The number of aromatic nitrogens is 2. The predicted octanol–water partition coefficient (Wildman–Crippen LogP) is 11.9. The molecule has 0 fully saturated rings. The fourth-order valence-electron chi connectivity index (χ4n) is 9.03. The highest BCUT2D eigenvalue weighted by Crippen LogP contribution is 2.63. The van der Waals surface area contributed by atoms with Crippen LogP contribution in [0.2, 0.25) is 0 Å².